The van der Waals surface area contributed by atoms with Gasteiger partial charge in [0.15, 0.2) is 0 Å². The number of hydrogen-bond donors (Lipinski definition) is 1. The van der Waals surface area contributed by atoms with Crippen LogP contribution in [0, 0.1) is 23.2 Å². The summed E-state index contributed by atoms with van der Waals surface area (Å²) in [6.45, 7) is 1.96. The van der Waals surface area contributed by atoms with E-state index in [2.05, 4.69) is 0 Å². The molecule has 2 N–H and O–H groups in total. The summed E-state index contributed by atoms with van der Waals surface area (Å²) >= 11 is 0. The fraction of sp³-hybridized carbons (Fsp3) is 0.929. The molecule has 2 heteroatoms. The predicted molar refractivity (Wildman–Crippen MR) is 63.9 cm³/mol. The first kappa shape index (κ1) is 10.8. The second-order valence-electron chi connectivity index (χ2n) is 6.80. The summed E-state index contributed by atoms with van der Waals surface area (Å²) in [5.41, 5.74) is 5.86. The van der Waals surface area contributed by atoms with E-state index in [1.807, 2.05) is 6.92 Å². The molecule has 4 saturated carbocycles. The molecular weight excluding hydrogens is 198 g/mol. The average molecular weight is 221 g/mol. The molecule has 4 aliphatic rings. The highest BCUT2D eigenvalue weighted by Crippen LogP contribution is 2.60. The zero-order chi connectivity index (χ0) is 11.3. The summed E-state index contributed by atoms with van der Waals surface area (Å²) in [5, 5.41) is 0. The molecule has 4 bridgehead atoms. The second kappa shape index (κ2) is 3.56. The maximum Gasteiger partial charge on any atom is 0.140 e. The Balaban J connectivity index is 1.80. The van der Waals surface area contributed by atoms with Crippen molar-refractivity contribution in [2.45, 2.75) is 57.9 Å². The van der Waals surface area contributed by atoms with Crippen LogP contribution in [0.3, 0.4) is 0 Å². The third-order valence-electron chi connectivity index (χ3n) is 5.14. The fourth-order valence-electron chi connectivity index (χ4n) is 4.96. The molecule has 90 valence electrons. The first-order valence-electron chi connectivity index (χ1n) is 6.86. The first-order chi connectivity index (χ1) is 7.57. The molecule has 4 fully saturated rings. The Bertz CT molecular complexity index is 273. The molecule has 0 aromatic heterocycles. The van der Waals surface area contributed by atoms with Crippen molar-refractivity contribution in [1.82, 2.24) is 0 Å². The van der Waals surface area contributed by atoms with Gasteiger partial charge in [0, 0.05) is 17.9 Å². The normalized spacial score (nSPS) is 47.0. The lowest BCUT2D eigenvalue weighted by Crippen LogP contribution is -2.50. The van der Waals surface area contributed by atoms with Gasteiger partial charge in [-0.05, 0) is 63.2 Å². The van der Waals surface area contributed by atoms with Crippen LogP contribution >= 0.6 is 0 Å². The molecule has 1 atom stereocenters. The summed E-state index contributed by atoms with van der Waals surface area (Å²) in [7, 11) is 0. The zero-order valence-electron chi connectivity index (χ0n) is 10.2. The van der Waals surface area contributed by atoms with E-state index in [4.69, 9.17) is 5.73 Å². The highest BCUT2D eigenvalue weighted by Gasteiger charge is 2.53. The van der Waals surface area contributed by atoms with Gasteiger partial charge >= 0.3 is 0 Å². The van der Waals surface area contributed by atoms with Crippen molar-refractivity contribution in [3.8, 4) is 0 Å². The van der Waals surface area contributed by atoms with E-state index in [0.29, 0.717) is 12.2 Å². The molecule has 0 aromatic rings. The molecule has 0 radical (unpaired) electrons. The van der Waals surface area contributed by atoms with Crippen LogP contribution in [0.4, 0.5) is 0 Å². The number of nitrogens with two attached hydrogens (primary N) is 1. The van der Waals surface area contributed by atoms with Gasteiger partial charge in [0.2, 0.25) is 0 Å². The highest BCUT2D eigenvalue weighted by molar-refractivity contribution is 5.85. The summed E-state index contributed by atoms with van der Waals surface area (Å²) in [5.74, 6) is 3.08. The molecule has 0 heterocycles. The maximum absolute atomic E-state index is 12.4. The molecule has 0 saturated heterocycles. The van der Waals surface area contributed by atoms with E-state index in [0.717, 1.165) is 17.8 Å². The summed E-state index contributed by atoms with van der Waals surface area (Å²) in [6, 6.07) is 0.0421. The molecule has 0 aliphatic heterocycles. The van der Waals surface area contributed by atoms with Crippen molar-refractivity contribution in [1.29, 1.82) is 0 Å². The molecule has 0 amide bonds. The minimum atomic E-state index is 0.0421. The van der Waals surface area contributed by atoms with Crippen LogP contribution < -0.4 is 5.73 Å². The van der Waals surface area contributed by atoms with Gasteiger partial charge in [0.05, 0.1) is 0 Å². The lowest BCUT2D eigenvalue weighted by atomic mass is 9.48. The Morgan fingerprint density at radius 1 is 1.19 bits per heavy atom. The van der Waals surface area contributed by atoms with E-state index < -0.39 is 0 Å². The van der Waals surface area contributed by atoms with Crippen LogP contribution in [-0.2, 0) is 4.79 Å². The quantitative estimate of drug-likeness (QED) is 0.795. The number of hydrogen-bond acceptors (Lipinski definition) is 2. The Labute approximate surface area is 98.0 Å². The van der Waals surface area contributed by atoms with Gasteiger partial charge in [-0.1, -0.05) is 0 Å². The maximum atomic E-state index is 12.4. The SMILES string of the molecule is CC(N)CC(=O)C12CC3CC(CC(C3)C1)C2. The minimum Gasteiger partial charge on any atom is -0.328 e. The molecule has 2 nitrogen and oxygen atoms in total. The van der Waals surface area contributed by atoms with E-state index in [1.165, 1.54) is 38.5 Å². The molecular formula is C14H23NO. The summed E-state index contributed by atoms with van der Waals surface area (Å²) in [6.07, 6.45) is 8.38. The van der Waals surface area contributed by atoms with E-state index >= 15 is 0 Å². The van der Waals surface area contributed by atoms with Gasteiger partial charge in [-0.2, -0.15) is 0 Å². The minimum absolute atomic E-state index is 0.0421. The molecule has 16 heavy (non-hydrogen) atoms. The van der Waals surface area contributed by atoms with Gasteiger partial charge in [0.25, 0.3) is 0 Å². The number of carbonyl (C=O) groups excluding carboxylic acids is 1. The molecule has 4 rings (SSSR count). The molecule has 1 unspecified atom stereocenters. The van der Waals surface area contributed by atoms with Gasteiger partial charge < -0.3 is 5.73 Å². The van der Waals surface area contributed by atoms with E-state index in [1.54, 1.807) is 0 Å². The van der Waals surface area contributed by atoms with Crippen LogP contribution in [-0.4, -0.2) is 11.8 Å². The van der Waals surface area contributed by atoms with Gasteiger partial charge in [-0.3, -0.25) is 4.79 Å². The Morgan fingerprint density at radius 3 is 2.00 bits per heavy atom. The predicted octanol–water partition coefficient (Wildman–Crippen LogP) is 2.51. The van der Waals surface area contributed by atoms with Gasteiger partial charge in [-0.25, -0.2) is 0 Å². The van der Waals surface area contributed by atoms with E-state index in [9.17, 15) is 4.79 Å². The smallest absolute Gasteiger partial charge is 0.140 e. The largest absolute Gasteiger partial charge is 0.328 e. The van der Waals surface area contributed by atoms with Gasteiger partial charge in [0.1, 0.15) is 5.78 Å². The van der Waals surface area contributed by atoms with Crippen molar-refractivity contribution < 1.29 is 4.79 Å². The standard InChI is InChI=1S/C14H23NO/c1-9(15)2-13(16)14-6-10-3-11(7-14)5-12(4-10)8-14/h9-12H,2-8,15H2,1H3. The van der Waals surface area contributed by atoms with Crippen LogP contribution in [0.1, 0.15) is 51.9 Å². The number of ketones is 1. The topological polar surface area (TPSA) is 43.1 Å². The molecule has 4 aliphatic carbocycles. The zero-order valence-corrected chi connectivity index (χ0v) is 10.2. The van der Waals surface area contributed by atoms with Crippen LogP contribution in [0.5, 0.6) is 0 Å². The summed E-state index contributed by atoms with van der Waals surface area (Å²) in [4.78, 5) is 12.4. The first-order valence-corrected chi connectivity index (χ1v) is 6.86. The van der Waals surface area contributed by atoms with Crippen molar-refractivity contribution in [3.05, 3.63) is 0 Å². The van der Waals surface area contributed by atoms with Crippen LogP contribution in [0.15, 0.2) is 0 Å². The molecule has 0 aromatic carbocycles. The third kappa shape index (κ3) is 1.62. The van der Waals surface area contributed by atoms with Crippen LogP contribution in [0.25, 0.3) is 0 Å². The van der Waals surface area contributed by atoms with E-state index in [-0.39, 0.29) is 11.5 Å². The fourth-order valence-corrected chi connectivity index (χ4v) is 4.96. The Morgan fingerprint density at radius 2 is 1.62 bits per heavy atom. The number of Topliss-reactive ketones (excluding diaryl/α,β-unsaturated/α-hetero) is 1. The molecule has 0 spiro atoms. The Kier molecular flexibility index (Phi) is 2.39. The third-order valence-corrected chi connectivity index (χ3v) is 5.14. The second-order valence-corrected chi connectivity index (χ2v) is 6.80. The van der Waals surface area contributed by atoms with Crippen molar-refractivity contribution >= 4 is 5.78 Å². The summed E-state index contributed by atoms with van der Waals surface area (Å²) < 4.78 is 0. The highest BCUT2D eigenvalue weighted by atomic mass is 16.1. The van der Waals surface area contributed by atoms with Crippen molar-refractivity contribution in [2.75, 3.05) is 0 Å². The number of rotatable bonds is 3. The Hall–Kier alpha value is -0.370. The lowest BCUT2D eigenvalue weighted by molar-refractivity contribution is -0.144. The van der Waals surface area contributed by atoms with Crippen molar-refractivity contribution in [3.63, 3.8) is 0 Å². The van der Waals surface area contributed by atoms with Gasteiger partial charge in [-0.15, -0.1) is 0 Å². The number of carbonyl (C=O) groups is 1. The monoisotopic (exact) mass is 221 g/mol. The van der Waals surface area contributed by atoms with Crippen molar-refractivity contribution in [2.24, 2.45) is 28.9 Å². The van der Waals surface area contributed by atoms with Crippen LogP contribution in [0.2, 0.25) is 0 Å². The average Bonchev–Trinajstić information content (AvgIpc) is 2.13. The lowest BCUT2D eigenvalue weighted by Gasteiger charge is -2.56.